The molecule has 0 bridgehead atoms. The summed E-state index contributed by atoms with van der Waals surface area (Å²) in [6, 6.07) is 2.78. The van der Waals surface area contributed by atoms with Crippen LogP contribution in [0.3, 0.4) is 0 Å². The number of halogens is 1. The number of ether oxygens (including phenoxy) is 1. The molecular formula is C12H14FNO3. The molecular weight excluding hydrogens is 225 g/mol. The van der Waals surface area contributed by atoms with Gasteiger partial charge in [-0.25, -0.2) is 9.37 Å². The van der Waals surface area contributed by atoms with Crippen LogP contribution in [0.15, 0.2) is 18.3 Å². The van der Waals surface area contributed by atoms with Gasteiger partial charge in [-0.2, -0.15) is 0 Å². The number of carbonyl (C=O) groups is 1. The molecule has 0 spiro atoms. The van der Waals surface area contributed by atoms with Crippen molar-refractivity contribution in [3.8, 4) is 5.88 Å². The zero-order chi connectivity index (χ0) is 12.3. The van der Waals surface area contributed by atoms with Gasteiger partial charge in [0.25, 0.3) is 0 Å². The van der Waals surface area contributed by atoms with Crippen LogP contribution < -0.4 is 4.74 Å². The Kier molecular flexibility index (Phi) is 3.56. The number of carboxylic acids is 1. The number of nitrogens with zero attached hydrogens (tertiary/aromatic N) is 1. The van der Waals surface area contributed by atoms with E-state index >= 15 is 0 Å². The van der Waals surface area contributed by atoms with Crippen molar-refractivity contribution in [2.45, 2.75) is 31.8 Å². The third-order valence-corrected chi connectivity index (χ3v) is 3.01. The molecule has 0 atom stereocenters. The number of hydrogen-bond acceptors (Lipinski definition) is 3. The van der Waals surface area contributed by atoms with Crippen molar-refractivity contribution in [3.05, 3.63) is 24.1 Å². The first-order chi connectivity index (χ1) is 8.15. The number of aliphatic carboxylic acids is 1. The highest BCUT2D eigenvalue weighted by Gasteiger charge is 2.26. The molecule has 1 heterocycles. The van der Waals surface area contributed by atoms with Gasteiger partial charge in [-0.3, -0.25) is 4.79 Å². The van der Waals surface area contributed by atoms with E-state index < -0.39 is 11.8 Å². The Morgan fingerprint density at radius 3 is 2.59 bits per heavy atom. The van der Waals surface area contributed by atoms with E-state index in [4.69, 9.17) is 9.84 Å². The first kappa shape index (κ1) is 11.8. The van der Waals surface area contributed by atoms with Gasteiger partial charge < -0.3 is 9.84 Å². The maximum Gasteiger partial charge on any atom is 0.306 e. The fourth-order valence-electron chi connectivity index (χ4n) is 2.03. The van der Waals surface area contributed by atoms with Crippen molar-refractivity contribution in [2.24, 2.45) is 5.92 Å². The molecule has 5 heteroatoms. The first-order valence-corrected chi connectivity index (χ1v) is 5.66. The van der Waals surface area contributed by atoms with Crippen LogP contribution in [-0.4, -0.2) is 22.2 Å². The molecule has 4 nitrogen and oxygen atoms in total. The van der Waals surface area contributed by atoms with Crippen molar-refractivity contribution in [1.82, 2.24) is 4.98 Å². The van der Waals surface area contributed by atoms with E-state index in [0.29, 0.717) is 31.6 Å². The Bertz CT molecular complexity index is 385. The van der Waals surface area contributed by atoms with E-state index in [2.05, 4.69) is 4.98 Å². The van der Waals surface area contributed by atoms with E-state index in [0.717, 1.165) is 6.20 Å². The zero-order valence-corrected chi connectivity index (χ0v) is 9.30. The molecule has 0 saturated heterocycles. The highest BCUT2D eigenvalue weighted by Crippen LogP contribution is 2.27. The Labute approximate surface area is 98.4 Å². The fraction of sp³-hybridized carbons (Fsp3) is 0.500. The molecule has 1 N–H and O–H groups in total. The highest BCUT2D eigenvalue weighted by molar-refractivity contribution is 5.70. The van der Waals surface area contributed by atoms with E-state index in [1.807, 2.05) is 0 Å². The second kappa shape index (κ2) is 5.12. The molecule has 0 unspecified atom stereocenters. The third kappa shape index (κ3) is 3.15. The lowest BCUT2D eigenvalue weighted by atomic mass is 9.87. The topological polar surface area (TPSA) is 59.4 Å². The molecule has 92 valence electrons. The SMILES string of the molecule is O=C(O)C1CCC(Oc2ccc(F)cn2)CC1. The molecule has 0 aromatic carbocycles. The van der Waals surface area contributed by atoms with Gasteiger partial charge in [-0.05, 0) is 31.7 Å². The van der Waals surface area contributed by atoms with Gasteiger partial charge in [0.15, 0.2) is 0 Å². The molecule has 1 saturated carbocycles. The predicted octanol–water partition coefficient (Wildman–Crippen LogP) is 2.24. The van der Waals surface area contributed by atoms with Gasteiger partial charge in [0.2, 0.25) is 5.88 Å². The summed E-state index contributed by atoms with van der Waals surface area (Å²) in [5.41, 5.74) is 0. The lowest BCUT2D eigenvalue weighted by molar-refractivity contribution is -0.143. The Balaban J connectivity index is 1.85. The average molecular weight is 239 g/mol. The van der Waals surface area contributed by atoms with Crippen molar-refractivity contribution < 1.29 is 19.0 Å². The van der Waals surface area contributed by atoms with Gasteiger partial charge in [-0.15, -0.1) is 0 Å². The maximum atomic E-state index is 12.6. The molecule has 0 amide bonds. The van der Waals surface area contributed by atoms with E-state index in [-0.39, 0.29) is 12.0 Å². The maximum absolute atomic E-state index is 12.6. The molecule has 1 aromatic heterocycles. The minimum Gasteiger partial charge on any atom is -0.481 e. The smallest absolute Gasteiger partial charge is 0.306 e. The number of aromatic nitrogens is 1. The van der Waals surface area contributed by atoms with Crippen molar-refractivity contribution >= 4 is 5.97 Å². The Morgan fingerprint density at radius 1 is 1.35 bits per heavy atom. The summed E-state index contributed by atoms with van der Waals surface area (Å²) >= 11 is 0. The second-order valence-corrected chi connectivity index (χ2v) is 4.24. The predicted molar refractivity (Wildman–Crippen MR) is 58.2 cm³/mol. The van der Waals surface area contributed by atoms with Gasteiger partial charge in [0.1, 0.15) is 11.9 Å². The zero-order valence-electron chi connectivity index (χ0n) is 9.30. The van der Waals surface area contributed by atoms with Crippen LogP contribution in [0.4, 0.5) is 4.39 Å². The van der Waals surface area contributed by atoms with Gasteiger partial charge in [0, 0.05) is 6.07 Å². The van der Waals surface area contributed by atoms with Crippen LogP contribution >= 0.6 is 0 Å². The minimum absolute atomic E-state index is 0.0106. The monoisotopic (exact) mass is 239 g/mol. The lowest BCUT2D eigenvalue weighted by Crippen LogP contribution is -2.28. The summed E-state index contributed by atoms with van der Waals surface area (Å²) in [7, 11) is 0. The largest absolute Gasteiger partial charge is 0.481 e. The van der Waals surface area contributed by atoms with Crippen molar-refractivity contribution in [2.75, 3.05) is 0 Å². The second-order valence-electron chi connectivity index (χ2n) is 4.24. The summed E-state index contributed by atoms with van der Waals surface area (Å²) in [6.45, 7) is 0. The molecule has 1 aromatic rings. The highest BCUT2D eigenvalue weighted by atomic mass is 19.1. The molecule has 0 aliphatic heterocycles. The van der Waals surface area contributed by atoms with Gasteiger partial charge >= 0.3 is 5.97 Å². The van der Waals surface area contributed by atoms with Crippen LogP contribution in [0.2, 0.25) is 0 Å². The van der Waals surface area contributed by atoms with Crippen LogP contribution in [0, 0.1) is 11.7 Å². The van der Waals surface area contributed by atoms with Gasteiger partial charge in [-0.1, -0.05) is 0 Å². The summed E-state index contributed by atoms with van der Waals surface area (Å²) in [5, 5.41) is 8.85. The summed E-state index contributed by atoms with van der Waals surface area (Å²) in [5.74, 6) is -0.989. The summed E-state index contributed by atoms with van der Waals surface area (Å²) in [4.78, 5) is 14.6. The molecule has 1 aliphatic rings. The van der Waals surface area contributed by atoms with Crippen LogP contribution in [0.1, 0.15) is 25.7 Å². The average Bonchev–Trinajstić information content (AvgIpc) is 2.33. The van der Waals surface area contributed by atoms with Crippen molar-refractivity contribution in [3.63, 3.8) is 0 Å². The first-order valence-electron chi connectivity index (χ1n) is 5.66. The molecule has 1 aliphatic carbocycles. The number of hydrogen-bond donors (Lipinski definition) is 1. The normalized spacial score (nSPS) is 24.3. The van der Waals surface area contributed by atoms with Gasteiger partial charge in [0.05, 0.1) is 12.1 Å². The Hall–Kier alpha value is -1.65. The molecule has 17 heavy (non-hydrogen) atoms. The molecule has 2 rings (SSSR count). The van der Waals surface area contributed by atoms with E-state index in [9.17, 15) is 9.18 Å². The van der Waals surface area contributed by atoms with Crippen LogP contribution in [0.5, 0.6) is 5.88 Å². The van der Waals surface area contributed by atoms with Crippen LogP contribution in [-0.2, 0) is 4.79 Å². The number of rotatable bonds is 3. The van der Waals surface area contributed by atoms with Crippen molar-refractivity contribution in [1.29, 1.82) is 0 Å². The lowest BCUT2D eigenvalue weighted by Gasteiger charge is -2.26. The Morgan fingerprint density at radius 2 is 2.06 bits per heavy atom. The van der Waals surface area contributed by atoms with Crippen LogP contribution in [0.25, 0.3) is 0 Å². The summed E-state index contributed by atoms with van der Waals surface area (Å²) in [6.07, 6.45) is 3.76. The minimum atomic E-state index is -0.733. The number of pyridine rings is 1. The molecule has 0 radical (unpaired) electrons. The fourth-order valence-corrected chi connectivity index (χ4v) is 2.03. The summed E-state index contributed by atoms with van der Waals surface area (Å²) < 4.78 is 18.2. The standard InChI is InChI=1S/C12H14FNO3/c13-9-3-6-11(14-7-9)17-10-4-1-8(2-5-10)12(15)16/h3,6-8,10H,1-2,4-5H2,(H,15,16). The number of carboxylic acid groups (broad SMARTS) is 1. The van der Waals surface area contributed by atoms with E-state index in [1.165, 1.54) is 12.1 Å². The van der Waals surface area contributed by atoms with E-state index in [1.54, 1.807) is 0 Å². The molecule has 1 fully saturated rings. The third-order valence-electron chi connectivity index (χ3n) is 3.01. The quantitative estimate of drug-likeness (QED) is 0.878.